The van der Waals surface area contributed by atoms with Crippen LogP contribution in [0.2, 0.25) is 0 Å². The summed E-state index contributed by atoms with van der Waals surface area (Å²) in [7, 11) is 0. The lowest BCUT2D eigenvalue weighted by Crippen LogP contribution is -2.48. The molecule has 1 atom stereocenters. The van der Waals surface area contributed by atoms with Gasteiger partial charge in [0.2, 0.25) is 6.79 Å². The third-order valence-electron chi connectivity index (χ3n) is 6.62. The fraction of sp³-hybridized carbons (Fsp3) is 0.696. The Labute approximate surface area is 185 Å². The molecular formula is C23H36N6O2. The molecule has 1 aromatic heterocycles. The van der Waals surface area contributed by atoms with Crippen LogP contribution in [0.25, 0.3) is 0 Å². The van der Waals surface area contributed by atoms with E-state index in [1.165, 1.54) is 5.56 Å². The van der Waals surface area contributed by atoms with E-state index in [1.807, 2.05) is 6.07 Å². The third kappa shape index (κ3) is 4.85. The minimum atomic E-state index is -0.0881. The van der Waals surface area contributed by atoms with Crippen molar-refractivity contribution in [2.24, 2.45) is 5.92 Å². The highest BCUT2D eigenvalue weighted by Crippen LogP contribution is 2.34. The van der Waals surface area contributed by atoms with Crippen LogP contribution in [0, 0.1) is 5.92 Å². The zero-order valence-electron chi connectivity index (χ0n) is 19.5. The highest BCUT2D eigenvalue weighted by atomic mass is 16.7. The lowest BCUT2D eigenvalue weighted by molar-refractivity contribution is 0.0737. The molecule has 1 saturated heterocycles. The highest BCUT2D eigenvalue weighted by Gasteiger charge is 2.33. The maximum absolute atomic E-state index is 5.53. The second-order valence-corrected chi connectivity index (χ2v) is 9.76. The van der Waals surface area contributed by atoms with Crippen molar-refractivity contribution in [2.75, 3.05) is 33.0 Å². The van der Waals surface area contributed by atoms with Crippen molar-refractivity contribution in [2.45, 2.75) is 65.6 Å². The summed E-state index contributed by atoms with van der Waals surface area (Å²) in [5.74, 6) is 3.28. The lowest BCUT2D eigenvalue weighted by Gasteiger charge is -2.40. The van der Waals surface area contributed by atoms with Crippen LogP contribution in [0.5, 0.6) is 11.5 Å². The van der Waals surface area contributed by atoms with Gasteiger partial charge in [-0.05, 0) is 60.7 Å². The predicted octanol–water partition coefficient (Wildman–Crippen LogP) is 3.45. The van der Waals surface area contributed by atoms with E-state index in [-0.39, 0.29) is 11.6 Å². The fourth-order valence-electron chi connectivity index (χ4n) is 4.38. The van der Waals surface area contributed by atoms with E-state index in [0.717, 1.165) is 62.9 Å². The van der Waals surface area contributed by atoms with E-state index in [2.05, 4.69) is 76.8 Å². The first kappa shape index (κ1) is 22.0. The van der Waals surface area contributed by atoms with Crippen molar-refractivity contribution in [3.05, 3.63) is 29.6 Å². The SMILES string of the molecule is CCC(C)(C)n1nnnc1[C@H](CC(C)C)N1CCN(Cc2ccc3c(c2)OCO3)CC1. The molecule has 0 amide bonds. The van der Waals surface area contributed by atoms with Crippen molar-refractivity contribution < 1.29 is 9.47 Å². The monoisotopic (exact) mass is 428 g/mol. The molecule has 31 heavy (non-hydrogen) atoms. The van der Waals surface area contributed by atoms with Crippen molar-refractivity contribution in [3.63, 3.8) is 0 Å². The van der Waals surface area contributed by atoms with E-state index in [9.17, 15) is 0 Å². The summed E-state index contributed by atoms with van der Waals surface area (Å²) in [5, 5.41) is 12.9. The van der Waals surface area contributed by atoms with Gasteiger partial charge in [-0.1, -0.05) is 26.8 Å². The van der Waals surface area contributed by atoms with Crippen molar-refractivity contribution in [1.29, 1.82) is 0 Å². The number of hydrogen-bond donors (Lipinski definition) is 0. The molecule has 0 aliphatic carbocycles. The first-order chi connectivity index (χ1) is 14.9. The van der Waals surface area contributed by atoms with E-state index >= 15 is 0 Å². The summed E-state index contributed by atoms with van der Waals surface area (Å²) in [6.07, 6.45) is 2.05. The van der Waals surface area contributed by atoms with Gasteiger partial charge in [-0.15, -0.1) is 5.10 Å². The molecule has 170 valence electrons. The molecule has 0 bridgehead atoms. The Kier molecular flexibility index (Phi) is 6.48. The summed E-state index contributed by atoms with van der Waals surface area (Å²) in [5.41, 5.74) is 1.18. The maximum atomic E-state index is 5.53. The van der Waals surface area contributed by atoms with Crippen LogP contribution in [0.1, 0.15) is 64.9 Å². The summed E-state index contributed by atoms with van der Waals surface area (Å²) in [6, 6.07) is 6.51. The molecule has 0 saturated carbocycles. The second-order valence-electron chi connectivity index (χ2n) is 9.76. The molecule has 8 nitrogen and oxygen atoms in total. The largest absolute Gasteiger partial charge is 0.454 e. The Hall–Kier alpha value is -2.19. The average Bonchev–Trinajstić information content (AvgIpc) is 3.42. The van der Waals surface area contributed by atoms with Crippen LogP contribution >= 0.6 is 0 Å². The van der Waals surface area contributed by atoms with E-state index in [0.29, 0.717) is 12.7 Å². The number of ether oxygens (including phenoxy) is 2. The zero-order chi connectivity index (χ0) is 22.0. The molecular weight excluding hydrogens is 392 g/mol. The summed E-state index contributed by atoms with van der Waals surface area (Å²) in [6.45, 7) is 16.5. The number of tetrazole rings is 1. The number of piperazine rings is 1. The molecule has 2 aromatic rings. The van der Waals surface area contributed by atoms with Crippen LogP contribution < -0.4 is 9.47 Å². The van der Waals surface area contributed by atoms with Gasteiger partial charge in [0.15, 0.2) is 17.3 Å². The molecule has 2 aliphatic rings. The van der Waals surface area contributed by atoms with Crippen molar-refractivity contribution in [3.8, 4) is 11.5 Å². The molecule has 0 spiro atoms. The Morgan fingerprint density at radius 1 is 1.06 bits per heavy atom. The van der Waals surface area contributed by atoms with E-state index in [1.54, 1.807) is 0 Å². The second kappa shape index (κ2) is 9.12. The van der Waals surface area contributed by atoms with E-state index < -0.39 is 0 Å². The molecule has 1 aromatic carbocycles. The smallest absolute Gasteiger partial charge is 0.231 e. The summed E-state index contributed by atoms with van der Waals surface area (Å²) >= 11 is 0. The third-order valence-corrected chi connectivity index (χ3v) is 6.62. The topological polar surface area (TPSA) is 68.5 Å². The molecule has 1 fully saturated rings. The van der Waals surface area contributed by atoms with Crippen LogP contribution in [-0.2, 0) is 12.1 Å². The van der Waals surface area contributed by atoms with Gasteiger partial charge >= 0.3 is 0 Å². The summed E-state index contributed by atoms with van der Waals surface area (Å²) in [4.78, 5) is 5.09. The first-order valence-corrected chi connectivity index (χ1v) is 11.5. The molecule has 4 rings (SSSR count). The lowest BCUT2D eigenvalue weighted by atomic mass is 9.98. The van der Waals surface area contributed by atoms with Gasteiger partial charge in [-0.3, -0.25) is 9.80 Å². The molecule has 2 aliphatic heterocycles. The molecule has 3 heterocycles. The standard InChI is InChI=1S/C23H36N6O2/c1-6-23(4,5)29-22(24-25-26-29)19(13-17(2)3)28-11-9-27(10-12-28)15-18-7-8-20-21(14-18)31-16-30-20/h7-8,14,17,19H,6,9-13,15-16H2,1-5H3/t19-/m0/s1. The number of aromatic nitrogens is 4. The molecule has 8 heteroatoms. The number of nitrogens with zero attached hydrogens (tertiary/aromatic N) is 6. The van der Waals surface area contributed by atoms with Crippen LogP contribution in [0.4, 0.5) is 0 Å². The molecule has 0 radical (unpaired) electrons. The average molecular weight is 429 g/mol. The van der Waals surface area contributed by atoms with Gasteiger partial charge in [0.25, 0.3) is 0 Å². The predicted molar refractivity (Wildman–Crippen MR) is 119 cm³/mol. The Morgan fingerprint density at radius 3 is 2.52 bits per heavy atom. The number of benzene rings is 1. The Morgan fingerprint density at radius 2 is 1.81 bits per heavy atom. The van der Waals surface area contributed by atoms with Gasteiger partial charge in [0.05, 0.1) is 11.6 Å². The normalized spacial score (nSPS) is 18.6. The zero-order valence-corrected chi connectivity index (χ0v) is 19.5. The van der Waals surface area contributed by atoms with E-state index in [4.69, 9.17) is 9.47 Å². The quantitative estimate of drug-likeness (QED) is 0.638. The number of hydrogen-bond acceptors (Lipinski definition) is 7. The minimum absolute atomic E-state index is 0.0881. The summed E-state index contributed by atoms with van der Waals surface area (Å²) < 4.78 is 13.0. The Bertz CT molecular complexity index is 873. The maximum Gasteiger partial charge on any atom is 0.231 e. The Balaban J connectivity index is 1.43. The van der Waals surface area contributed by atoms with Crippen LogP contribution in [0.3, 0.4) is 0 Å². The molecule has 0 unspecified atom stereocenters. The number of rotatable bonds is 8. The number of fused-ring (bicyclic) bond motifs is 1. The fourth-order valence-corrected chi connectivity index (χ4v) is 4.38. The van der Waals surface area contributed by atoms with Gasteiger partial charge in [-0.2, -0.15) is 0 Å². The van der Waals surface area contributed by atoms with Crippen molar-refractivity contribution in [1.82, 2.24) is 30.0 Å². The first-order valence-electron chi connectivity index (χ1n) is 11.5. The highest BCUT2D eigenvalue weighted by molar-refractivity contribution is 5.44. The van der Waals surface area contributed by atoms with Crippen molar-refractivity contribution >= 4 is 0 Å². The van der Waals surface area contributed by atoms with Gasteiger partial charge in [0.1, 0.15) is 0 Å². The van der Waals surface area contributed by atoms with Gasteiger partial charge < -0.3 is 9.47 Å². The van der Waals surface area contributed by atoms with Crippen LogP contribution in [-0.4, -0.2) is 63.0 Å². The van der Waals surface area contributed by atoms with Gasteiger partial charge in [0, 0.05) is 32.7 Å². The minimum Gasteiger partial charge on any atom is -0.454 e. The molecule has 0 N–H and O–H groups in total. The van der Waals surface area contributed by atoms with Crippen LogP contribution in [0.15, 0.2) is 18.2 Å². The van der Waals surface area contributed by atoms with Gasteiger partial charge in [-0.25, -0.2) is 4.68 Å².